The molecule has 0 saturated heterocycles. The molecule has 0 aliphatic heterocycles. The van der Waals surface area contributed by atoms with Gasteiger partial charge in [0.1, 0.15) is 5.75 Å². The second-order valence-corrected chi connectivity index (χ2v) is 3.78. The van der Waals surface area contributed by atoms with Gasteiger partial charge in [0.15, 0.2) is 5.82 Å². The molecule has 1 heterocycles. The van der Waals surface area contributed by atoms with Gasteiger partial charge < -0.3 is 5.11 Å². The molecule has 15 heavy (non-hydrogen) atoms. The molecule has 0 atom stereocenters. The SMILES string of the molecule is Cc1cc(O)ccc1-c1nc(=S)n(C)[nH]1. The lowest BCUT2D eigenvalue weighted by molar-refractivity contribution is 0.475. The van der Waals surface area contributed by atoms with Crippen molar-refractivity contribution in [2.24, 2.45) is 7.05 Å². The Hall–Kier alpha value is -1.62. The van der Waals surface area contributed by atoms with Crippen molar-refractivity contribution in [3.8, 4) is 17.1 Å². The molecule has 5 heteroatoms. The Morgan fingerprint density at radius 3 is 2.73 bits per heavy atom. The van der Waals surface area contributed by atoms with Crippen molar-refractivity contribution in [1.29, 1.82) is 0 Å². The number of aryl methyl sites for hydroxylation is 2. The van der Waals surface area contributed by atoms with E-state index in [2.05, 4.69) is 10.1 Å². The van der Waals surface area contributed by atoms with Crippen LogP contribution in [0, 0.1) is 11.7 Å². The Balaban J connectivity index is 2.59. The number of phenols is 1. The topological polar surface area (TPSA) is 53.8 Å². The fourth-order valence-electron chi connectivity index (χ4n) is 1.44. The van der Waals surface area contributed by atoms with Crippen LogP contribution >= 0.6 is 12.2 Å². The Morgan fingerprint density at radius 2 is 2.20 bits per heavy atom. The maximum atomic E-state index is 9.29. The second-order valence-electron chi connectivity index (χ2n) is 3.41. The van der Waals surface area contributed by atoms with E-state index in [0.717, 1.165) is 17.0 Å². The highest BCUT2D eigenvalue weighted by molar-refractivity contribution is 7.71. The molecule has 0 bridgehead atoms. The summed E-state index contributed by atoms with van der Waals surface area (Å²) in [6.07, 6.45) is 0. The molecule has 0 unspecified atom stereocenters. The lowest BCUT2D eigenvalue weighted by Gasteiger charge is -2.02. The second kappa shape index (κ2) is 3.51. The quantitative estimate of drug-likeness (QED) is 0.725. The van der Waals surface area contributed by atoms with Crippen LogP contribution in [-0.4, -0.2) is 19.9 Å². The molecule has 1 aromatic heterocycles. The third kappa shape index (κ3) is 1.78. The van der Waals surface area contributed by atoms with Gasteiger partial charge in [-0.25, -0.2) is 0 Å². The van der Waals surface area contributed by atoms with Crippen molar-refractivity contribution in [2.45, 2.75) is 6.92 Å². The summed E-state index contributed by atoms with van der Waals surface area (Å²) in [4.78, 5) is 4.21. The average Bonchev–Trinajstić information content (AvgIpc) is 2.46. The first-order valence-corrected chi connectivity index (χ1v) is 4.92. The van der Waals surface area contributed by atoms with Gasteiger partial charge >= 0.3 is 0 Å². The van der Waals surface area contributed by atoms with Gasteiger partial charge in [-0.05, 0) is 42.9 Å². The van der Waals surface area contributed by atoms with Gasteiger partial charge in [-0.3, -0.25) is 9.78 Å². The van der Waals surface area contributed by atoms with Crippen LogP contribution in [0.3, 0.4) is 0 Å². The number of hydrogen-bond acceptors (Lipinski definition) is 3. The monoisotopic (exact) mass is 221 g/mol. The minimum absolute atomic E-state index is 0.255. The predicted octanol–water partition coefficient (Wildman–Crippen LogP) is 2.16. The molecule has 78 valence electrons. The van der Waals surface area contributed by atoms with Gasteiger partial charge in [0.05, 0.1) is 0 Å². The van der Waals surface area contributed by atoms with E-state index in [1.54, 1.807) is 16.8 Å². The van der Waals surface area contributed by atoms with Crippen molar-refractivity contribution < 1.29 is 5.11 Å². The Morgan fingerprint density at radius 1 is 1.47 bits per heavy atom. The highest BCUT2D eigenvalue weighted by Crippen LogP contribution is 2.23. The molecule has 0 radical (unpaired) electrons. The van der Waals surface area contributed by atoms with Gasteiger partial charge in [-0.1, -0.05) is 0 Å². The molecule has 0 aliphatic rings. The number of nitrogens with zero attached hydrogens (tertiary/aromatic N) is 2. The number of phenolic OH excluding ortho intramolecular Hbond substituents is 1. The summed E-state index contributed by atoms with van der Waals surface area (Å²) in [5, 5.41) is 12.3. The van der Waals surface area contributed by atoms with E-state index in [4.69, 9.17) is 12.2 Å². The van der Waals surface area contributed by atoms with Crippen LogP contribution < -0.4 is 0 Å². The van der Waals surface area contributed by atoms with Gasteiger partial charge in [-0.15, -0.1) is 0 Å². The maximum absolute atomic E-state index is 9.29. The van der Waals surface area contributed by atoms with Gasteiger partial charge in [0.2, 0.25) is 4.77 Å². The molecule has 2 rings (SSSR count). The third-order valence-electron chi connectivity index (χ3n) is 2.23. The number of H-pyrrole nitrogens is 1. The van der Waals surface area contributed by atoms with Crippen LogP contribution in [0.4, 0.5) is 0 Å². The number of nitrogens with one attached hydrogen (secondary N) is 1. The Bertz CT molecular complexity index is 556. The van der Waals surface area contributed by atoms with Crippen molar-refractivity contribution in [3.63, 3.8) is 0 Å². The minimum Gasteiger partial charge on any atom is -0.508 e. The maximum Gasteiger partial charge on any atom is 0.216 e. The highest BCUT2D eigenvalue weighted by atomic mass is 32.1. The van der Waals surface area contributed by atoms with E-state index in [1.165, 1.54) is 0 Å². The summed E-state index contributed by atoms with van der Waals surface area (Å²) >= 11 is 5.01. The lowest BCUT2D eigenvalue weighted by atomic mass is 10.1. The summed E-state index contributed by atoms with van der Waals surface area (Å²) in [5.41, 5.74) is 1.90. The smallest absolute Gasteiger partial charge is 0.216 e. The summed E-state index contributed by atoms with van der Waals surface area (Å²) in [6.45, 7) is 1.92. The van der Waals surface area contributed by atoms with Gasteiger partial charge in [0, 0.05) is 12.6 Å². The fourth-order valence-corrected chi connectivity index (χ4v) is 1.57. The minimum atomic E-state index is 0.255. The molecule has 0 amide bonds. The van der Waals surface area contributed by atoms with Crippen LogP contribution in [0.25, 0.3) is 11.4 Å². The number of rotatable bonds is 1. The van der Waals surface area contributed by atoms with E-state index < -0.39 is 0 Å². The van der Waals surface area contributed by atoms with Crippen molar-refractivity contribution >= 4 is 12.2 Å². The molecule has 0 spiro atoms. The molecule has 2 N–H and O–H groups in total. The normalized spacial score (nSPS) is 10.5. The van der Waals surface area contributed by atoms with Gasteiger partial charge in [-0.2, -0.15) is 4.98 Å². The molecular formula is C10H11N3OS. The number of hydrogen-bond donors (Lipinski definition) is 2. The molecule has 4 nitrogen and oxygen atoms in total. The highest BCUT2D eigenvalue weighted by Gasteiger charge is 2.06. The molecule has 0 aliphatic carbocycles. The number of aromatic nitrogens is 3. The van der Waals surface area contributed by atoms with Crippen LogP contribution in [0.15, 0.2) is 18.2 Å². The zero-order valence-corrected chi connectivity index (χ0v) is 9.30. The van der Waals surface area contributed by atoms with E-state index in [1.807, 2.05) is 20.0 Å². The Kier molecular flexibility index (Phi) is 2.32. The van der Waals surface area contributed by atoms with E-state index in [9.17, 15) is 5.11 Å². The molecule has 0 fully saturated rings. The number of aromatic amines is 1. The first-order chi connectivity index (χ1) is 7.08. The first kappa shape index (κ1) is 9.92. The summed E-state index contributed by atoms with van der Waals surface area (Å²) in [7, 11) is 1.81. The summed E-state index contributed by atoms with van der Waals surface area (Å²) in [6, 6.07) is 5.15. The summed E-state index contributed by atoms with van der Waals surface area (Å²) in [5.74, 6) is 0.978. The molecule has 1 aromatic carbocycles. The van der Waals surface area contributed by atoms with Crippen molar-refractivity contribution in [3.05, 3.63) is 28.5 Å². The summed E-state index contributed by atoms with van der Waals surface area (Å²) < 4.78 is 2.19. The van der Waals surface area contributed by atoms with E-state index in [0.29, 0.717) is 4.77 Å². The zero-order valence-electron chi connectivity index (χ0n) is 8.48. The number of benzene rings is 1. The van der Waals surface area contributed by atoms with E-state index in [-0.39, 0.29) is 5.75 Å². The standard InChI is InChI=1S/C10H11N3OS/c1-6-5-7(14)3-4-8(6)9-11-10(15)13(2)12-9/h3-5,14H,1-2H3,(H,11,12,15). The zero-order chi connectivity index (χ0) is 11.0. The predicted molar refractivity (Wildman–Crippen MR) is 60.2 cm³/mol. The van der Waals surface area contributed by atoms with Crippen LogP contribution in [0.5, 0.6) is 5.75 Å². The Labute approximate surface area is 92.2 Å². The number of aromatic hydroxyl groups is 1. The van der Waals surface area contributed by atoms with Crippen molar-refractivity contribution in [2.75, 3.05) is 0 Å². The molecule has 0 saturated carbocycles. The fraction of sp³-hybridized carbons (Fsp3) is 0.200. The molecule has 2 aromatic rings. The largest absolute Gasteiger partial charge is 0.508 e. The lowest BCUT2D eigenvalue weighted by Crippen LogP contribution is -1.90. The average molecular weight is 221 g/mol. The van der Waals surface area contributed by atoms with Crippen LogP contribution in [-0.2, 0) is 7.05 Å². The first-order valence-electron chi connectivity index (χ1n) is 4.51. The van der Waals surface area contributed by atoms with E-state index >= 15 is 0 Å². The molecular weight excluding hydrogens is 210 g/mol. The third-order valence-corrected chi connectivity index (χ3v) is 2.60. The van der Waals surface area contributed by atoms with Crippen LogP contribution in [0.1, 0.15) is 5.56 Å². The van der Waals surface area contributed by atoms with Crippen LogP contribution in [0.2, 0.25) is 0 Å². The van der Waals surface area contributed by atoms with Crippen molar-refractivity contribution in [1.82, 2.24) is 14.8 Å². The van der Waals surface area contributed by atoms with Gasteiger partial charge in [0.25, 0.3) is 0 Å².